The van der Waals surface area contributed by atoms with Gasteiger partial charge >= 0.3 is 5.97 Å². The molecule has 1 heterocycles. The van der Waals surface area contributed by atoms with Crippen molar-refractivity contribution in [1.29, 1.82) is 0 Å². The Labute approximate surface area is 112 Å². The van der Waals surface area contributed by atoms with Gasteiger partial charge in [0.1, 0.15) is 11.5 Å². The molecule has 0 radical (unpaired) electrons. The molecule has 0 atom stereocenters. The highest BCUT2D eigenvalue weighted by Gasteiger charge is 2.23. The van der Waals surface area contributed by atoms with E-state index in [-0.39, 0.29) is 0 Å². The lowest BCUT2D eigenvalue weighted by atomic mass is 9.93. The quantitative estimate of drug-likeness (QED) is 0.778. The van der Waals surface area contributed by atoms with E-state index in [4.69, 9.17) is 0 Å². The minimum Gasteiger partial charge on any atom is -0.464 e. The normalized spacial score (nSPS) is 16.2. The largest absolute Gasteiger partial charge is 0.464 e. The molecule has 102 valence electrons. The summed E-state index contributed by atoms with van der Waals surface area (Å²) in [6, 6.07) is 3.93. The number of Topliss-reactive ketones (excluding diaryl/α,β-unsaturated/α-hetero) is 1. The molecule has 5 heteroatoms. The number of carbonyl (C=O) groups is 2. The molecule has 1 aromatic rings. The van der Waals surface area contributed by atoms with E-state index in [9.17, 15) is 9.59 Å². The van der Waals surface area contributed by atoms with Crippen molar-refractivity contribution in [3.05, 3.63) is 24.0 Å². The zero-order valence-electron chi connectivity index (χ0n) is 11.3. The topological polar surface area (TPSA) is 59.5 Å². The monoisotopic (exact) mass is 262 g/mol. The predicted octanol–water partition coefficient (Wildman–Crippen LogP) is 1.82. The maximum Gasteiger partial charge on any atom is 0.356 e. The van der Waals surface area contributed by atoms with Gasteiger partial charge < -0.3 is 9.64 Å². The summed E-state index contributed by atoms with van der Waals surface area (Å²) in [6.45, 7) is 0. The van der Waals surface area contributed by atoms with E-state index >= 15 is 0 Å². The molecule has 0 amide bonds. The summed E-state index contributed by atoms with van der Waals surface area (Å²) in [5.41, 5.74) is 1.23. The Morgan fingerprint density at radius 1 is 1.42 bits per heavy atom. The van der Waals surface area contributed by atoms with Crippen LogP contribution in [0.4, 0.5) is 5.69 Å². The van der Waals surface area contributed by atoms with E-state index in [1.807, 2.05) is 13.1 Å². The van der Waals surface area contributed by atoms with Crippen molar-refractivity contribution in [2.45, 2.75) is 31.7 Å². The van der Waals surface area contributed by atoms with Crippen LogP contribution in [-0.4, -0.2) is 36.9 Å². The molecule has 0 N–H and O–H groups in total. The van der Waals surface area contributed by atoms with Crippen molar-refractivity contribution < 1.29 is 14.3 Å². The predicted molar refractivity (Wildman–Crippen MR) is 71.2 cm³/mol. The van der Waals surface area contributed by atoms with E-state index in [0.717, 1.165) is 18.5 Å². The Hall–Kier alpha value is -1.91. The molecule has 1 fully saturated rings. The molecule has 1 aromatic heterocycles. The number of ketones is 1. The average molecular weight is 262 g/mol. The van der Waals surface area contributed by atoms with Crippen LogP contribution >= 0.6 is 0 Å². The third-order valence-corrected chi connectivity index (χ3v) is 3.61. The number of anilines is 1. The van der Waals surface area contributed by atoms with Crippen molar-refractivity contribution in [2.75, 3.05) is 19.1 Å². The van der Waals surface area contributed by atoms with Crippen LogP contribution in [0, 0.1) is 0 Å². The third-order valence-electron chi connectivity index (χ3n) is 3.61. The van der Waals surface area contributed by atoms with Gasteiger partial charge in [-0.05, 0) is 25.0 Å². The lowest BCUT2D eigenvalue weighted by Gasteiger charge is -2.32. The zero-order valence-corrected chi connectivity index (χ0v) is 11.3. The molecule has 19 heavy (non-hydrogen) atoms. The van der Waals surface area contributed by atoms with Crippen molar-refractivity contribution in [3.8, 4) is 0 Å². The number of esters is 1. The number of pyridine rings is 1. The average Bonchev–Trinajstić information content (AvgIpc) is 2.46. The molecule has 2 rings (SSSR count). The first-order valence-corrected chi connectivity index (χ1v) is 6.40. The standard InChI is InChI=1S/C14H18N2O3/c1-16(10-3-5-12(17)6-4-10)11-7-8-15-13(9-11)14(18)19-2/h7-10H,3-6H2,1-2H3. The summed E-state index contributed by atoms with van der Waals surface area (Å²) in [6.07, 6.45) is 4.62. The van der Waals surface area contributed by atoms with E-state index < -0.39 is 5.97 Å². The number of aromatic nitrogens is 1. The molecule has 0 unspecified atom stereocenters. The number of hydrogen-bond donors (Lipinski definition) is 0. The Bertz CT molecular complexity index is 477. The van der Waals surface area contributed by atoms with E-state index in [2.05, 4.69) is 14.6 Å². The Morgan fingerprint density at radius 3 is 2.74 bits per heavy atom. The fourth-order valence-corrected chi connectivity index (χ4v) is 2.38. The van der Waals surface area contributed by atoms with Gasteiger partial charge in [0.05, 0.1) is 7.11 Å². The summed E-state index contributed by atoms with van der Waals surface area (Å²) in [5.74, 6) is -0.0938. The van der Waals surface area contributed by atoms with Crippen LogP contribution in [0.5, 0.6) is 0 Å². The highest BCUT2D eigenvalue weighted by molar-refractivity contribution is 5.88. The molecule has 1 aliphatic rings. The first-order valence-electron chi connectivity index (χ1n) is 6.40. The summed E-state index contributed by atoms with van der Waals surface area (Å²) in [4.78, 5) is 28.8. The first-order chi connectivity index (χ1) is 9.11. The molecule has 0 bridgehead atoms. The summed E-state index contributed by atoms with van der Waals surface area (Å²) >= 11 is 0. The number of methoxy groups -OCH3 is 1. The second-order valence-corrected chi connectivity index (χ2v) is 4.77. The van der Waals surface area contributed by atoms with Gasteiger partial charge in [-0.3, -0.25) is 4.79 Å². The lowest BCUT2D eigenvalue weighted by molar-refractivity contribution is -0.120. The van der Waals surface area contributed by atoms with Gasteiger partial charge in [-0.1, -0.05) is 0 Å². The molecule has 0 aliphatic heterocycles. The summed E-state index contributed by atoms with van der Waals surface area (Å²) in [7, 11) is 3.32. The highest BCUT2D eigenvalue weighted by atomic mass is 16.5. The van der Waals surface area contributed by atoms with Crippen LogP contribution in [0.2, 0.25) is 0 Å². The van der Waals surface area contributed by atoms with Crippen LogP contribution in [-0.2, 0) is 9.53 Å². The Balaban J connectivity index is 2.12. The van der Waals surface area contributed by atoms with Gasteiger partial charge in [-0.2, -0.15) is 0 Å². The van der Waals surface area contributed by atoms with E-state index in [0.29, 0.717) is 30.4 Å². The SMILES string of the molecule is COC(=O)c1cc(N(C)C2CCC(=O)CC2)ccn1. The fraction of sp³-hybridized carbons (Fsp3) is 0.500. The summed E-state index contributed by atoms with van der Waals surface area (Å²) < 4.78 is 4.67. The van der Waals surface area contributed by atoms with Gasteiger partial charge in [0.15, 0.2) is 0 Å². The molecule has 0 saturated heterocycles. The van der Waals surface area contributed by atoms with Gasteiger partial charge in [0.2, 0.25) is 0 Å². The maximum absolute atomic E-state index is 11.5. The van der Waals surface area contributed by atoms with Crippen molar-refractivity contribution >= 4 is 17.4 Å². The van der Waals surface area contributed by atoms with Crippen LogP contribution in [0.3, 0.4) is 0 Å². The second kappa shape index (κ2) is 5.82. The van der Waals surface area contributed by atoms with Crippen LogP contribution in [0.1, 0.15) is 36.2 Å². The minimum atomic E-state index is -0.436. The van der Waals surface area contributed by atoms with Crippen LogP contribution in [0.15, 0.2) is 18.3 Å². The van der Waals surface area contributed by atoms with E-state index in [1.165, 1.54) is 7.11 Å². The molecule has 5 nitrogen and oxygen atoms in total. The van der Waals surface area contributed by atoms with Gasteiger partial charge in [0, 0.05) is 37.8 Å². The van der Waals surface area contributed by atoms with Crippen molar-refractivity contribution in [2.24, 2.45) is 0 Å². The Morgan fingerprint density at radius 2 is 2.11 bits per heavy atom. The molecule has 0 aromatic carbocycles. The van der Waals surface area contributed by atoms with Crippen LogP contribution in [0.25, 0.3) is 0 Å². The zero-order chi connectivity index (χ0) is 13.8. The molecule has 0 spiro atoms. The summed E-state index contributed by atoms with van der Waals surface area (Å²) in [5, 5.41) is 0. The van der Waals surface area contributed by atoms with Gasteiger partial charge in [0.25, 0.3) is 0 Å². The number of rotatable bonds is 3. The van der Waals surface area contributed by atoms with Crippen molar-refractivity contribution in [3.63, 3.8) is 0 Å². The number of hydrogen-bond acceptors (Lipinski definition) is 5. The lowest BCUT2D eigenvalue weighted by Crippen LogP contribution is -2.35. The molecule has 1 aliphatic carbocycles. The smallest absolute Gasteiger partial charge is 0.356 e. The van der Waals surface area contributed by atoms with Crippen molar-refractivity contribution in [1.82, 2.24) is 4.98 Å². The fourth-order valence-electron chi connectivity index (χ4n) is 2.38. The molecular formula is C14H18N2O3. The molecular weight excluding hydrogens is 244 g/mol. The van der Waals surface area contributed by atoms with Gasteiger partial charge in [-0.15, -0.1) is 0 Å². The number of ether oxygens (including phenoxy) is 1. The van der Waals surface area contributed by atoms with E-state index in [1.54, 1.807) is 12.3 Å². The number of nitrogens with zero attached hydrogens (tertiary/aromatic N) is 2. The second-order valence-electron chi connectivity index (χ2n) is 4.77. The van der Waals surface area contributed by atoms with Crippen LogP contribution < -0.4 is 4.90 Å². The first kappa shape index (κ1) is 13.5. The minimum absolute atomic E-state index is 0.304. The highest BCUT2D eigenvalue weighted by Crippen LogP contribution is 2.24. The number of carbonyl (C=O) groups excluding carboxylic acids is 2. The van der Waals surface area contributed by atoms with Gasteiger partial charge in [-0.25, -0.2) is 9.78 Å². The maximum atomic E-state index is 11.5. The Kier molecular flexibility index (Phi) is 4.14. The third kappa shape index (κ3) is 3.10. The molecule has 1 saturated carbocycles.